The summed E-state index contributed by atoms with van der Waals surface area (Å²) in [5.41, 5.74) is 10.5. The molecule has 1 aromatic heterocycles. The van der Waals surface area contributed by atoms with E-state index in [-0.39, 0.29) is 23.5 Å². The molecule has 3 N–H and O–H groups in total. The molecule has 0 atom stereocenters. The number of hydrogen-bond acceptors (Lipinski definition) is 6. The molecule has 1 saturated heterocycles. The summed E-state index contributed by atoms with van der Waals surface area (Å²) in [7, 11) is 0. The number of aryl methyl sites for hydroxylation is 1. The summed E-state index contributed by atoms with van der Waals surface area (Å²) in [5.74, 6) is -0.102. The lowest BCUT2D eigenvalue weighted by molar-refractivity contribution is -0.00482. The van der Waals surface area contributed by atoms with E-state index in [4.69, 9.17) is 15.2 Å². The highest BCUT2D eigenvalue weighted by molar-refractivity contribution is 6.12. The van der Waals surface area contributed by atoms with Crippen LogP contribution in [0.25, 0.3) is 10.8 Å². The fourth-order valence-electron chi connectivity index (χ4n) is 6.26. The number of hydrogen-bond donors (Lipinski definition) is 2. The lowest BCUT2D eigenvalue weighted by Gasteiger charge is -2.37. The summed E-state index contributed by atoms with van der Waals surface area (Å²) in [6.45, 7) is 3.54. The van der Waals surface area contributed by atoms with Gasteiger partial charge in [-0.05, 0) is 53.5 Å². The van der Waals surface area contributed by atoms with Crippen LogP contribution in [-0.2, 0) is 17.8 Å². The van der Waals surface area contributed by atoms with Gasteiger partial charge in [-0.1, -0.05) is 85.8 Å². The molecule has 0 radical (unpaired) electrons. The smallest absolute Gasteiger partial charge is 0.252 e. The fraction of sp³-hybridized carbons (Fsp3) is 0.243. The Balaban J connectivity index is 1.33. The summed E-state index contributed by atoms with van der Waals surface area (Å²) in [5, 5.41) is 13.3. The molecule has 1 aliphatic rings. The Labute approximate surface area is 257 Å². The van der Waals surface area contributed by atoms with Crippen LogP contribution in [0.3, 0.4) is 0 Å². The zero-order valence-corrected chi connectivity index (χ0v) is 24.9. The van der Waals surface area contributed by atoms with Gasteiger partial charge >= 0.3 is 0 Å². The normalized spacial score (nSPS) is 13.8. The van der Waals surface area contributed by atoms with Crippen LogP contribution in [0, 0.1) is 0 Å². The predicted octanol–water partition coefficient (Wildman–Crippen LogP) is 6.96. The van der Waals surface area contributed by atoms with E-state index in [1.165, 1.54) is 0 Å². The monoisotopic (exact) mass is 587 g/mol. The van der Waals surface area contributed by atoms with Crippen molar-refractivity contribution in [2.24, 2.45) is 5.73 Å². The maximum absolute atomic E-state index is 12.7. The van der Waals surface area contributed by atoms with E-state index in [0.717, 1.165) is 40.3 Å². The van der Waals surface area contributed by atoms with Crippen molar-refractivity contribution in [1.29, 1.82) is 0 Å². The van der Waals surface area contributed by atoms with Gasteiger partial charge in [-0.25, -0.2) is 0 Å². The van der Waals surface area contributed by atoms with Gasteiger partial charge in [0.05, 0.1) is 22.7 Å². The number of piperidine rings is 1. The quantitative estimate of drug-likeness (QED) is 0.183. The highest BCUT2D eigenvalue weighted by Crippen LogP contribution is 2.47. The average molecular weight is 588 g/mol. The molecular weight excluding hydrogens is 550 g/mol. The van der Waals surface area contributed by atoms with Crippen molar-refractivity contribution in [3.8, 4) is 11.5 Å². The highest BCUT2D eigenvalue weighted by Gasteiger charge is 2.31. The number of primary amides is 1. The van der Waals surface area contributed by atoms with Gasteiger partial charge in [-0.3, -0.25) is 9.78 Å². The first-order valence-electron chi connectivity index (χ1n) is 15.2. The maximum Gasteiger partial charge on any atom is 0.252 e. The predicted molar refractivity (Wildman–Crippen MR) is 173 cm³/mol. The number of nitrogens with zero attached hydrogens (tertiary/aromatic N) is 2. The Bertz CT molecular complexity index is 1680. The van der Waals surface area contributed by atoms with E-state index in [0.29, 0.717) is 43.1 Å². The Morgan fingerprint density at radius 3 is 2.23 bits per heavy atom. The van der Waals surface area contributed by atoms with Crippen LogP contribution in [0.1, 0.15) is 58.5 Å². The number of aromatic hydroxyl groups is 1. The topological polar surface area (TPSA) is 97.9 Å². The molecule has 0 spiro atoms. The zero-order valence-electron chi connectivity index (χ0n) is 24.9. The average Bonchev–Trinajstić information content (AvgIpc) is 3.07. The van der Waals surface area contributed by atoms with E-state index in [9.17, 15) is 9.90 Å². The van der Waals surface area contributed by atoms with Gasteiger partial charge in [-0.15, -0.1) is 0 Å². The van der Waals surface area contributed by atoms with Crippen LogP contribution in [0.5, 0.6) is 11.5 Å². The van der Waals surface area contributed by atoms with Crippen LogP contribution >= 0.6 is 0 Å². The van der Waals surface area contributed by atoms with Gasteiger partial charge in [0, 0.05) is 31.0 Å². The van der Waals surface area contributed by atoms with E-state index < -0.39 is 5.91 Å². The number of rotatable bonds is 10. The van der Waals surface area contributed by atoms with Crippen LogP contribution in [-0.4, -0.2) is 35.2 Å². The molecule has 5 aromatic rings. The van der Waals surface area contributed by atoms with E-state index in [1.807, 2.05) is 73.7 Å². The number of carbonyl (C=O) groups excluding carboxylic acids is 1. The number of amides is 1. The summed E-state index contributed by atoms with van der Waals surface area (Å²) in [6.07, 6.45) is 5.36. The second-order valence-electron chi connectivity index (χ2n) is 11.1. The molecule has 1 fully saturated rings. The summed E-state index contributed by atoms with van der Waals surface area (Å²) >= 11 is 0. The Morgan fingerprint density at radius 2 is 1.64 bits per heavy atom. The SMILES string of the molecule is CCc1c(C(N)=O)c(O)c(N2CCC(OC(c3ccccc3)c3ccccc3)CC2)c2c(OCc3cccnc3)cccc12. The number of nitrogens with two attached hydrogens (primary N) is 1. The summed E-state index contributed by atoms with van der Waals surface area (Å²) < 4.78 is 13.1. The van der Waals surface area contributed by atoms with Crippen LogP contribution in [0.2, 0.25) is 0 Å². The lowest BCUT2D eigenvalue weighted by Crippen LogP contribution is -2.38. The third-order valence-corrected chi connectivity index (χ3v) is 8.36. The maximum atomic E-state index is 12.7. The molecule has 1 aliphatic heterocycles. The third-order valence-electron chi connectivity index (χ3n) is 8.36. The molecule has 4 aromatic carbocycles. The largest absolute Gasteiger partial charge is 0.505 e. The number of fused-ring (bicyclic) bond motifs is 1. The minimum atomic E-state index is -0.643. The molecule has 6 rings (SSSR count). The van der Waals surface area contributed by atoms with Crippen molar-refractivity contribution < 1.29 is 19.4 Å². The van der Waals surface area contributed by atoms with Crippen LogP contribution < -0.4 is 15.4 Å². The molecule has 0 bridgehead atoms. The number of benzene rings is 4. The molecule has 7 nitrogen and oxygen atoms in total. The number of ether oxygens (including phenoxy) is 2. The number of pyridine rings is 1. The molecule has 224 valence electrons. The van der Waals surface area contributed by atoms with Gasteiger partial charge in [0.15, 0.2) is 5.75 Å². The molecule has 0 saturated carbocycles. The van der Waals surface area contributed by atoms with Crippen LogP contribution in [0.15, 0.2) is 103 Å². The van der Waals surface area contributed by atoms with Crippen molar-refractivity contribution in [1.82, 2.24) is 4.98 Å². The molecule has 0 unspecified atom stereocenters. The third kappa shape index (κ3) is 5.96. The second-order valence-corrected chi connectivity index (χ2v) is 11.1. The van der Waals surface area contributed by atoms with Crippen LogP contribution in [0.4, 0.5) is 5.69 Å². The van der Waals surface area contributed by atoms with Gasteiger partial charge in [-0.2, -0.15) is 0 Å². The van der Waals surface area contributed by atoms with Crippen molar-refractivity contribution >= 4 is 22.4 Å². The Hall–Kier alpha value is -4.88. The first-order chi connectivity index (χ1) is 21.5. The number of phenols is 1. The first kappa shape index (κ1) is 29.2. The van der Waals surface area contributed by atoms with Gasteiger partial charge in [0.25, 0.3) is 5.91 Å². The summed E-state index contributed by atoms with van der Waals surface area (Å²) in [4.78, 5) is 19.0. The molecule has 2 heterocycles. The molecule has 1 amide bonds. The minimum absolute atomic E-state index is 0.0110. The number of carbonyl (C=O) groups is 1. The van der Waals surface area contributed by atoms with Gasteiger partial charge in [0.1, 0.15) is 18.5 Å². The first-order valence-corrected chi connectivity index (χ1v) is 15.2. The number of anilines is 1. The molecule has 0 aliphatic carbocycles. The van der Waals surface area contributed by atoms with Crippen molar-refractivity contribution in [3.05, 3.63) is 131 Å². The van der Waals surface area contributed by atoms with Crippen molar-refractivity contribution in [3.63, 3.8) is 0 Å². The van der Waals surface area contributed by atoms with Gasteiger partial charge < -0.3 is 25.2 Å². The minimum Gasteiger partial charge on any atom is -0.505 e. The number of aromatic nitrogens is 1. The second kappa shape index (κ2) is 13.2. The molecule has 44 heavy (non-hydrogen) atoms. The van der Waals surface area contributed by atoms with E-state index in [2.05, 4.69) is 34.1 Å². The zero-order chi connectivity index (χ0) is 30.5. The highest BCUT2D eigenvalue weighted by atomic mass is 16.5. The van der Waals surface area contributed by atoms with Crippen molar-refractivity contribution in [2.45, 2.75) is 45.0 Å². The Kier molecular flexibility index (Phi) is 8.75. The van der Waals surface area contributed by atoms with Crippen molar-refractivity contribution in [2.75, 3.05) is 18.0 Å². The standard InChI is InChI=1S/C37H37N3O4/c1-2-29-30-16-9-17-31(43-24-25-11-10-20-39-23-25)32(30)34(35(41)33(29)37(38)42)40-21-18-28(19-22-40)44-36(26-12-5-3-6-13-26)27-14-7-4-8-15-27/h3-17,20,23,28,36,41H,2,18-19,21-22,24H2,1H3,(H2,38,42). The molecule has 7 heteroatoms. The summed E-state index contributed by atoms with van der Waals surface area (Å²) in [6, 6.07) is 30.2. The van der Waals surface area contributed by atoms with Gasteiger partial charge in [0.2, 0.25) is 0 Å². The molecular formula is C37H37N3O4. The van der Waals surface area contributed by atoms with E-state index in [1.54, 1.807) is 12.4 Å². The Morgan fingerprint density at radius 1 is 0.955 bits per heavy atom. The van der Waals surface area contributed by atoms with E-state index >= 15 is 0 Å². The fourth-order valence-corrected chi connectivity index (χ4v) is 6.26. The lowest BCUT2D eigenvalue weighted by atomic mass is 9.92.